The Bertz CT molecular complexity index is 808. The van der Waals surface area contributed by atoms with Gasteiger partial charge in [-0.2, -0.15) is 0 Å². The van der Waals surface area contributed by atoms with Crippen LogP contribution in [0, 0.1) is 0 Å². The average Bonchev–Trinajstić information content (AvgIpc) is 3.50. The van der Waals surface area contributed by atoms with E-state index in [1.54, 1.807) is 0 Å². The Kier molecular flexibility index (Phi) is 6.85. The Morgan fingerprint density at radius 3 is 1.61 bits per heavy atom. The first-order chi connectivity index (χ1) is 15.1. The summed E-state index contributed by atoms with van der Waals surface area (Å²) in [5, 5.41) is 6.55. The fourth-order valence-corrected chi connectivity index (χ4v) is 4.64. The fourth-order valence-electron chi connectivity index (χ4n) is 4.64. The first-order valence-electron chi connectivity index (χ1n) is 11.1. The van der Waals surface area contributed by atoms with Gasteiger partial charge in [-0.05, 0) is 49.9 Å². The molecule has 2 aromatic rings. The molecule has 0 radical (unpaired) electrons. The van der Waals surface area contributed by atoms with Gasteiger partial charge in [0.15, 0.2) is 0 Å². The Labute approximate surface area is 184 Å². The molecule has 0 aliphatic carbocycles. The predicted molar refractivity (Wildman–Crippen MR) is 125 cm³/mol. The topological polar surface area (TPSA) is 104 Å². The van der Waals surface area contributed by atoms with E-state index in [1.807, 2.05) is 50.5 Å². The quantitative estimate of drug-likeness (QED) is 0.471. The molecule has 0 amide bonds. The second-order valence-electron chi connectivity index (χ2n) is 8.27. The molecule has 7 nitrogen and oxygen atoms in total. The maximum Gasteiger partial charge on any atom is 0.112 e. The standard InChI is InChI=1S/C24H34N4O3/c1-27-19-13-15(25)7-9-17(19)23(21-5-3-11-29-21)31-24(22-6-4-12-30-22)18-10-8-16(26)14-20(18)28-2/h7-10,13-14,21-24,27-28H,3-6,11-12,25-26H2,1-2H3. The van der Waals surface area contributed by atoms with Gasteiger partial charge in [0, 0.05) is 61.2 Å². The van der Waals surface area contributed by atoms with Crippen molar-refractivity contribution in [3.8, 4) is 0 Å². The fraction of sp³-hybridized carbons (Fsp3) is 0.500. The summed E-state index contributed by atoms with van der Waals surface area (Å²) in [5.41, 5.74) is 17.5. The van der Waals surface area contributed by atoms with Crippen LogP contribution in [-0.4, -0.2) is 39.5 Å². The van der Waals surface area contributed by atoms with Gasteiger partial charge in [0.25, 0.3) is 0 Å². The third-order valence-electron chi connectivity index (χ3n) is 6.20. The van der Waals surface area contributed by atoms with E-state index in [4.69, 9.17) is 25.7 Å². The minimum absolute atomic E-state index is 0.0218. The highest BCUT2D eigenvalue weighted by Crippen LogP contribution is 2.43. The number of rotatable bonds is 8. The molecule has 2 aliphatic rings. The van der Waals surface area contributed by atoms with Gasteiger partial charge in [-0.3, -0.25) is 0 Å². The number of hydrogen-bond donors (Lipinski definition) is 4. The molecule has 2 aromatic carbocycles. The van der Waals surface area contributed by atoms with Gasteiger partial charge < -0.3 is 36.3 Å². The molecule has 7 heteroatoms. The number of nitrogens with one attached hydrogen (secondary N) is 2. The van der Waals surface area contributed by atoms with Crippen molar-refractivity contribution in [2.45, 2.75) is 50.1 Å². The highest BCUT2D eigenvalue weighted by atomic mass is 16.6. The summed E-state index contributed by atoms with van der Waals surface area (Å²) in [6.45, 7) is 1.51. The van der Waals surface area contributed by atoms with Crippen molar-refractivity contribution >= 4 is 22.7 Å². The van der Waals surface area contributed by atoms with Gasteiger partial charge in [0.2, 0.25) is 0 Å². The maximum atomic E-state index is 6.94. The first kappa shape index (κ1) is 21.7. The Morgan fingerprint density at radius 1 is 0.806 bits per heavy atom. The van der Waals surface area contributed by atoms with Crippen molar-refractivity contribution in [2.24, 2.45) is 0 Å². The molecule has 2 saturated heterocycles. The van der Waals surface area contributed by atoms with Gasteiger partial charge in [-0.25, -0.2) is 0 Å². The molecule has 0 bridgehead atoms. The summed E-state index contributed by atoms with van der Waals surface area (Å²) in [5.74, 6) is 0. The van der Waals surface area contributed by atoms with Gasteiger partial charge in [-0.15, -0.1) is 0 Å². The molecular formula is C24H34N4O3. The van der Waals surface area contributed by atoms with E-state index in [0.717, 1.165) is 61.4 Å². The van der Waals surface area contributed by atoms with Gasteiger partial charge in [0.1, 0.15) is 12.2 Å². The van der Waals surface area contributed by atoms with E-state index in [9.17, 15) is 0 Å². The van der Waals surface area contributed by atoms with Gasteiger partial charge in [0.05, 0.1) is 12.2 Å². The molecule has 0 aromatic heterocycles. The Hall–Kier alpha value is -2.48. The van der Waals surface area contributed by atoms with Crippen LogP contribution in [0.25, 0.3) is 0 Å². The zero-order valence-electron chi connectivity index (χ0n) is 18.4. The van der Waals surface area contributed by atoms with E-state index in [-0.39, 0.29) is 24.4 Å². The zero-order chi connectivity index (χ0) is 21.8. The summed E-state index contributed by atoms with van der Waals surface area (Å²) < 4.78 is 19.2. The predicted octanol–water partition coefficient (Wildman–Crippen LogP) is 4.09. The lowest BCUT2D eigenvalue weighted by atomic mass is 9.96. The molecule has 0 saturated carbocycles. The van der Waals surface area contributed by atoms with Crippen molar-refractivity contribution in [3.05, 3.63) is 47.5 Å². The van der Waals surface area contributed by atoms with Crippen molar-refractivity contribution in [3.63, 3.8) is 0 Å². The van der Waals surface area contributed by atoms with Crippen LogP contribution >= 0.6 is 0 Å². The minimum Gasteiger partial charge on any atom is -0.399 e. The molecule has 2 fully saturated rings. The van der Waals surface area contributed by atoms with Crippen LogP contribution in [0.4, 0.5) is 22.7 Å². The summed E-state index contributed by atoms with van der Waals surface area (Å²) >= 11 is 0. The van der Waals surface area contributed by atoms with E-state index in [0.29, 0.717) is 11.4 Å². The smallest absolute Gasteiger partial charge is 0.112 e. The Morgan fingerprint density at radius 2 is 1.26 bits per heavy atom. The molecule has 6 N–H and O–H groups in total. The molecular weight excluding hydrogens is 392 g/mol. The maximum absolute atomic E-state index is 6.94. The van der Waals surface area contributed by atoms with Crippen LogP contribution in [0.15, 0.2) is 36.4 Å². The van der Waals surface area contributed by atoms with Crippen LogP contribution in [0.3, 0.4) is 0 Å². The van der Waals surface area contributed by atoms with Crippen molar-refractivity contribution in [1.29, 1.82) is 0 Å². The lowest BCUT2D eigenvalue weighted by Crippen LogP contribution is -2.29. The van der Waals surface area contributed by atoms with Gasteiger partial charge in [-0.1, -0.05) is 12.1 Å². The molecule has 0 spiro atoms. The van der Waals surface area contributed by atoms with Crippen molar-refractivity contribution in [1.82, 2.24) is 0 Å². The highest BCUT2D eigenvalue weighted by molar-refractivity contribution is 5.61. The van der Waals surface area contributed by atoms with Crippen molar-refractivity contribution in [2.75, 3.05) is 49.4 Å². The number of hydrogen-bond acceptors (Lipinski definition) is 7. The second kappa shape index (κ2) is 9.77. The molecule has 2 heterocycles. The van der Waals surface area contributed by atoms with E-state index in [1.165, 1.54) is 0 Å². The highest BCUT2D eigenvalue weighted by Gasteiger charge is 2.37. The lowest BCUT2D eigenvalue weighted by Gasteiger charge is -2.33. The third kappa shape index (κ3) is 4.74. The molecule has 168 valence electrons. The van der Waals surface area contributed by atoms with Crippen LogP contribution in [0.2, 0.25) is 0 Å². The third-order valence-corrected chi connectivity index (χ3v) is 6.20. The normalized spacial score (nSPS) is 22.9. The van der Waals surface area contributed by atoms with Crippen LogP contribution in [0.5, 0.6) is 0 Å². The van der Waals surface area contributed by atoms with Crippen molar-refractivity contribution < 1.29 is 14.2 Å². The molecule has 4 rings (SSSR count). The van der Waals surface area contributed by atoms with E-state index >= 15 is 0 Å². The summed E-state index contributed by atoms with van der Waals surface area (Å²) in [6.07, 6.45) is 3.43. The van der Waals surface area contributed by atoms with Gasteiger partial charge >= 0.3 is 0 Å². The SMILES string of the molecule is CNc1cc(N)ccc1C(OC(c1ccc(N)cc1NC)C1CCCO1)C1CCCO1. The van der Waals surface area contributed by atoms with E-state index in [2.05, 4.69) is 10.6 Å². The summed E-state index contributed by atoms with van der Waals surface area (Å²) in [6, 6.07) is 11.8. The number of anilines is 4. The van der Waals surface area contributed by atoms with E-state index < -0.39 is 0 Å². The Balaban J connectivity index is 1.74. The number of benzene rings is 2. The lowest BCUT2D eigenvalue weighted by molar-refractivity contribution is -0.128. The average molecular weight is 427 g/mol. The molecule has 31 heavy (non-hydrogen) atoms. The summed E-state index contributed by atoms with van der Waals surface area (Å²) in [7, 11) is 3.81. The largest absolute Gasteiger partial charge is 0.399 e. The summed E-state index contributed by atoms with van der Waals surface area (Å²) in [4.78, 5) is 0. The van der Waals surface area contributed by atoms with Crippen LogP contribution < -0.4 is 22.1 Å². The zero-order valence-corrected chi connectivity index (χ0v) is 18.4. The second-order valence-corrected chi connectivity index (χ2v) is 8.27. The minimum atomic E-state index is -0.248. The number of ether oxygens (including phenoxy) is 3. The molecule has 2 aliphatic heterocycles. The monoisotopic (exact) mass is 426 g/mol. The molecule has 4 unspecified atom stereocenters. The number of nitrogen functional groups attached to an aromatic ring is 2. The molecule has 4 atom stereocenters. The van der Waals surface area contributed by atoms with Crippen LogP contribution in [0.1, 0.15) is 49.0 Å². The van der Waals surface area contributed by atoms with Crippen LogP contribution in [-0.2, 0) is 14.2 Å². The first-order valence-corrected chi connectivity index (χ1v) is 11.1. The number of nitrogens with two attached hydrogens (primary N) is 2.